The molecule has 0 unspecified atom stereocenters. The zero-order valence-electron chi connectivity index (χ0n) is 12.6. The number of aryl methyl sites for hydroxylation is 1. The minimum Gasteiger partial charge on any atom is -0.366 e. The summed E-state index contributed by atoms with van der Waals surface area (Å²) in [5.74, 6) is -2.06. The van der Waals surface area contributed by atoms with Crippen molar-refractivity contribution in [2.24, 2.45) is 5.73 Å². The van der Waals surface area contributed by atoms with E-state index >= 15 is 0 Å². The molecule has 0 aromatic heterocycles. The van der Waals surface area contributed by atoms with E-state index in [1.165, 1.54) is 24.3 Å². The van der Waals surface area contributed by atoms with Crippen LogP contribution in [0.15, 0.2) is 48.5 Å². The highest BCUT2D eigenvalue weighted by molar-refractivity contribution is 6.39. The first kappa shape index (κ1) is 16.2. The maximum atomic E-state index is 11.8. The third-order valence-corrected chi connectivity index (χ3v) is 3.21. The average Bonchev–Trinajstić information content (AvgIpc) is 2.54. The Morgan fingerprint density at radius 2 is 1.52 bits per heavy atom. The van der Waals surface area contributed by atoms with E-state index in [1.807, 2.05) is 31.2 Å². The van der Waals surface area contributed by atoms with Gasteiger partial charge in [0.1, 0.15) is 0 Å². The van der Waals surface area contributed by atoms with E-state index in [0.717, 1.165) is 11.1 Å². The maximum Gasteiger partial charge on any atom is 0.313 e. The number of primary amides is 1. The van der Waals surface area contributed by atoms with Crippen LogP contribution in [0.25, 0.3) is 0 Å². The molecule has 0 saturated heterocycles. The van der Waals surface area contributed by atoms with Gasteiger partial charge < -0.3 is 16.4 Å². The summed E-state index contributed by atoms with van der Waals surface area (Å²) in [5.41, 5.74) is 7.89. The molecule has 2 aromatic rings. The lowest BCUT2D eigenvalue weighted by Crippen LogP contribution is -2.34. The average molecular weight is 311 g/mol. The molecule has 2 rings (SSSR count). The van der Waals surface area contributed by atoms with Crippen LogP contribution in [0.4, 0.5) is 5.69 Å². The van der Waals surface area contributed by atoms with Crippen molar-refractivity contribution in [1.29, 1.82) is 0 Å². The topological polar surface area (TPSA) is 101 Å². The third kappa shape index (κ3) is 4.67. The fraction of sp³-hybridized carbons (Fsp3) is 0.118. The molecular weight excluding hydrogens is 294 g/mol. The number of hydrogen-bond donors (Lipinski definition) is 3. The number of nitrogens with two attached hydrogens (primary N) is 1. The Morgan fingerprint density at radius 1 is 0.913 bits per heavy atom. The smallest absolute Gasteiger partial charge is 0.313 e. The minimum absolute atomic E-state index is 0.271. The molecule has 0 heterocycles. The van der Waals surface area contributed by atoms with Crippen molar-refractivity contribution >= 4 is 23.4 Å². The molecule has 2 aromatic carbocycles. The van der Waals surface area contributed by atoms with Crippen molar-refractivity contribution in [3.05, 3.63) is 65.2 Å². The first-order chi connectivity index (χ1) is 11.0. The second-order valence-corrected chi connectivity index (χ2v) is 5.06. The van der Waals surface area contributed by atoms with Crippen LogP contribution in [-0.4, -0.2) is 17.7 Å². The summed E-state index contributed by atoms with van der Waals surface area (Å²) in [5, 5.41) is 4.99. The summed E-state index contributed by atoms with van der Waals surface area (Å²) in [4.78, 5) is 34.5. The van der Waals surface area contributed by atoms with E-state index in [0.29, 0.717) is 11.3 Å². The Kier molecular flexibility index (Phi) is 5.09. The van der Waals surface area contributed by atoms with Crippen LogP contribution in [-0.2, 0) is 16.1 Å². The number of carbonyl (C=O) groups is 3. The standard InChI is InChI=1S/C17H17N3O3/c1-11-2-4-12(5-3-11)10-19-16(22)17(23)20-14-8-6-13(7-9-14)15(18)21/h2-9H,10H2,1H3,(H2,18,21)(H,19,22)(H,20,23). The van der Waals surface area contributed by atoms with Gasteiger partial charge in [0, 0.05) is 17.8 Å². The van der Waals surface area contributed by atoms with Gasteiger partial charge in [-0.05, 0) is 36.8 Å². The summed E-state index contributed by atoms with van der Waals surface area (Å²) < 4.78 is 0. The Morgan fingerprint density at radius 3 is 2.09 bits per heavy atom. The Labute approximate surface area is 133 Å². The van der Waals surface area contributed by atoms with E-state index < -0.39 is 17.7 Å². The summed E-state index contributed by atoms with van der Waals surface area (Å²) in [6.45, 7) is 2.24. The van der Waals surface area contributed by atoms with Crippen LogP contribution < -0.4 is 16.4 Å². The lowest BCUT2D eigenvalue weighted by atomic mass is 10.1. The number of hydrogen-bond acceptors (Lipinski definition) is 3. The SMILES string of the molecule is Cc1ccc(CNC(=O)C(=O)Nc2ccc(C(N)=O)cc2)cc1. The first-order valence-electron chi connectivity index (χ1n) is 7.00. The zero-order chi connectivity index (χ0) is 16.8. The lowest BCUT2D eigenvalue weighted by molar-refractivity contribution is -0.136. The molecule has 0 aliphatic rings. The Balaban J connectivity index is 1.88. The highest BCUT2D eigenvalue weighted by atomic mass is 16.2. The number of carbonyl (C=O) groups excluding carboxylic acids is 3. The van der Waals surface area contributed by atoms with E-state index in [4.69, 9.17) is 5.73 Å². The van der Waals surface area contributed by atoms with Gasteiger partial charge in [0.25, 0.3) is 0 Å². The van der Waals surface area contributed by atoms with Gasteiger partial charge >= 0.3 is 11.8 Å². The summed E-state index contributed by atoms with van der Waals surface area (Å²) in [6.07, 6.45) is 0. The van der Waals surface area contributed by atoms with Crippen LogP contribution in [0.3, 0.4) is 0 Å². The number of rotatable bonds is 4. The highest BCUT2D eigenvalue weighted by Gasteiger charge is 2.13. The molecule has 0 spiro atoms. The second kappa shape index (κ2) is 7.22. The summed E-state index contributed by atoms with van der Waals surface area (Å²) in [7, 11) is 0. The molecular formula is C17H17N3O3. The van der Waals surface area contributed by atoms with E-state index in [-0.39, 0.29) is 6.54 Å². The maximum absolute atomic E-state index is 11.8. The minimum atomic E-state index is -0.774. The largest absolute Gasteiger partial charge is 0.366 e. The van der Waals surface area contributed by atoms with Crippen molar-refractivity contribution in [1.82, 2.24) is 5.32 Å². The van der Waals surface area contributed by atoms with Gasteiger partial charge in [-0.1, -0.05) is 29.8 Å². The molecule has 23 heavy (non-hydrogen) atoms. The van der Waals surface area contributed by atoms with Crippen LogP contribution >= 0.6 is 0 Å². The number of amides is 3. The lowest BCUT2D eigenvalue weighted by Gasteiger charge is -2.07. The fourth-order valence-corrected chi connectivity index (χ4v) is 1.87. The predicted molar refractivity (Wildman–Crippen MR) is 86.6 cm³/mol. The van der Waals surface area contributed by atoms with Crippen molar-refractivity contribution in [2.75, 3.05) is 5.32 Å². The molecule has 0 saturated carbocycles. The quantitative estimate of drug-likeness (QED) is 0.743. The Bertz CT molecular complexity index is 722. The predicted octanol–water partition coefficient (Wildman–Crippen LogP) is 1.35. The number of benzene rings is 2. The van der Waals surface area contributed by atoms with Gasteiger partial charge in [-0.2, -0.15) is 0 Å². The van der Waals surface area contributed by atoms with Crippen LogP contribution in [0, 0.1) is 6.92 Å². The fourth-order valence-electron chi connectivity index (χ4n) is 1.87. The van der Waals surface area contributed by atoms with E-state index in [1.54, 1.807) is 0 Å². The molecule has 0 fully saturated rings. The molecule has 0 radical (unpaired) electrons. The molecule has 4 N–H and O–H groups in total. The molecule has 0 bridgehead atoms. The van der Waals surface area contributed by atoms with Crippen molar-refractivity contribution in [3.63, 3.8) is 0 Å². The molecule has 3 amide bonds. The van der Waals surface area contributed by atoms with Crippen LogP contribution in [0.1, 0.15) is 21.5 Å². The third-order valence-electron chi connectivity index (χ3n) is 3.21. The molecule has 0 aliphatic carbocycles. The zero-order valence-corrected chi connectivity index (χ0v) is 12.6. The van der Waals surface area contributed by atoms with E-state index in [9.17, 15) is 14.4 Å². The molecule has 0 aliphatic heterocycles. The van der Waals surface area contributed by atoms with Crippen molar-refractivity contribution < 1.29 is 14.4 Å². The van der Waals surface area contributed by atoms with E-state index in [2.05, 4.69) is 10.6 Å². The highest BCUT2D eigenvalue weighted by Crippen LogP contribution is 2.09. The van der Waals surface area contributed by atoms with Crippen LogP contribution in [0.5, 0.6) is 0 Å². The molecule has 0 atom stereocenters. The first-order valence-corrected chi connectivity index (χ1v) is 7.00. The normalized spacial score (nSPS) is 9.96. The van der Waals surface area contributed by atoms with Gasteiger partial charge in [-0.3, -0.25) is 14.4 Å². The van der Waals surface area contributed by atoms with Gasteiger partial charge in [0.05, 0.1) is 0 Å². The summed E-state index contributed by atoms with van der Waals surface area (Å²) in [6, 6.07) is 13.6. The van der Waals surface area contributed by atoms with Gasteiger partial charge in [-0.25, -0.2) is 0 Å². The van der Waals surface area contributed by atoms with Gasteiger partial charge in [0.2, 0.25) is 5.91 Å². The van der Waals surface area contributed by atoms with Gasteiger partial charge in [0.15, 0.2) is 0 Å². The van der Waals surface area contributed by atoms with Gasteiger partial charge in [-0.15, -0.1) is 0 Å². The van der Waals surface area contributed by atoms with Crippen molar-refractivity contribution in [2.45, 2.75) is 13.5 Å². The molecule has 6 heteroatoms. The monoisotopic (exact) mass is 311 g/mol. The number of nitrogens with one attached hydrogen (secondary N) is 2. The van der Waals surface area contributed by atoms with Crippen LogP contribution in [0.2, 0.25) is 0 Å². The number of anilines is 1. The molecule has 6 nitrogen and oxygen atoms in total. The Hall–Kier alpha value is -3.15. The second-order valence-electron chi connectivity index (χ2n) is 5.06. The van der Waals surface area contributed by atoms with Crippen molar-refractivity contribution in [3.8, 4) is 0 Å². The molecule has 118 valence electrons. The summed E-state index contributed by atoms with van der Waals surface area (Å²) >= 11 is 0.